The summed E-state index contributed by atoms with van der Waals surface area (Å²) in [4.78, 5) is 0. The number of hydrogen-bond acceptors (Lipinski definition) is 2. The fraction of sp³-hybridized carbons (Fsp3) is 0.667. The minimum absolute atomic E-state index is 0.152. The van der Waals surface area contributed by atoms with E-state index in [4.69, 9.17) is 4.74 Å². The predicted octanol–water partition coefficient (Wildman–Crippen LogP) is 4.70. The van der Waals surface area contributed by atoms with Crippen molar-refractivity contribution >= 4 is 0 Å². The molecule has 1 N–H and O–H groups in total. The lowest BCUT2D eigenvalue weighted by molar-refractivity contribution is 0.143. The molecule has 1 aliphatic rings. The van der Waals surface area contributed by atoms with Crippen LogP contribution in [-0.2, 0) is 0 Å². The quantitative estimate of drug-likeness (QED) is 0.869. The normalized spacial score (nSPS) is 26.4. The summed E-state index contributed by atoms with van der Waals surface area (Å²) in [5.74, 6) is 0.666. The minimum atomic E-state index is -0.290. The summed E-state index contributed by atoms with van der Waals surface area (Å²) in [6.45, 7) is 9.12. The Balaban J connectivity index is 2.01. The molecular formula is C18H28FNO. The van der Waals surface area contributed by atoms with Gasteiger partial charge in [0.05, 0.1) is 7.11 Å². The molecule has 2 nitrogen and oxygen atoms in total. The fourth-order valence-electron chi connectivity index (χ4n) is 3.56. The van der Waals surface area contributed by atoms with Crippen LogP contribution in [0.2, 0.25) is 0 Å². The van der Waals surface area contributed by atoms with Crippen molar-refractivity contribution in [2.75, 3.05) is 7.11 Å². The first kappa shape index (κ1) is 16.3. The maximum Gasteiger partial charge on any atom is 0.165 e. The lowest BCUT2D eigenvalue weighted by Gasteiger charge is -2.40. The highest BCUT2D eigenvalue weighted by molar-refractivity contribution is 5.30. The molecule has 1 aromatic carbocycles. The highest BCUT2D eigenvalue weighted by atomic mass is 19.1. The van der Waals surface area contributed by atoms with Gasteiger partial charge in [0.1, 0.15) is 0 Å². The molecule has 1 aromatic rings. The fourth-order valence-corrected chi connectivity index (χ4v) is 3.56. The van der Waals surface area contributed by atoms with Gasteiger partial charge in [-0.2, -0.15) is 0 Å². The van der Waals surface area contributed by atoms with Crippen LogP contribution in [0.4, 0.5) is 4.39 Å². The highest BCUT2D eigenvalue weighted by Gasteiger charge is 2.32. The Kier molecular flexibility index (Phi) is 4.92. The van der Waals surface area contributed by atoms with Gasteiger partial charge < -0.3 is 10.1 Å². The molecule has 118 valence electrons. The average Bonchev–Trinajstić information content (AvgIpc) is 2.41. The largest absolute Gasteiger partial charge is 0.494 e. The van der Waals surface area contributed by atoms with E-state index in [-0.39, 0.29) is 11.9 Å². The topological polar surface area (TPSA) is 21.3 Å². The van der Waals surface area contributed by atoms with Crippen LogP contribution in [-0.4, -0.2) is 13.2 Å². The summed E-state index contributed by atoms with van der Waals surface area (Å²) >= 11 is 0. The first-order valence-corrected chi connectivity index (χ1v) is 7.92. The zero-order valence-electron chi connectivity index (χ0n) is 13.9. The van der Waals surface area contributed by atoms with Crippen molar-refractivity contribution in [1.82, 2.24) is 5.32 Å². The molecule has 0 aliphatic heterocycles. The predicted molar refractivity (Wildman–Crippen MR) is 85.1 cm³/mol. The number of ether oxygens (including phenoxy) is 1. The van der Waals surface area contributed by atoms with Gasteiger partial charge >= 0.3 is 0 Å². The number of nitrogens with one attached hydrogen (secondary N) is 1. The summed E-state index contributed by atoms with van der Waals surface area (Å²) in [7, 11) is 1.49. The second kappa shape index (κ2) is 6.35. The van der Waals surface area contributed by atoms with Crippen LogP contribution in [0.15, 0.2) is 18.2 Å². The van der Waals surface area contributed by atoms with E-state index in [1.165, 1.54) is 26.4 Å². The zero-order chi connectivity index (χ0) is 15.6. The summed E-state index contributed by atoms with van der Waals surface area (Å²) in [5.41, 5.74) is 1.43. The van der Waals surface area contributed by atoms with Gasteiger partial charge in [0, 0.05) is 12.1 Å². The zero-order valence-corrected chi connectivity index (χ0v) is 13.9. The number of rotatable bonds is 4. The Labute approximate surface area is 128 Å². The molecule has 2 rings (SSSR count). The molecule has 0 saturated heterocycles. The summed E-state index contributed by atoms with van der Waals surface area (Å²) in [5, 5.41) is 3.68. The van der Waals surface area contributed by atoms with Crippen LogP contribution >= 0.6 is 0 Å². The molecule has 3 atom stereocenters. The monoisotopic (exact) mass is 293 g/mol. The molecule has 1 fully saturated rings. The van der Waals surface area contributed by atoms with E-state index >= 15 is 0 Å². The number of halogens is 1. The highest BCUT2D eigenvalue weighted by Crippen LogP contribution is 2.39. The van der Waals surface area contributed by atoms with Gasteiger partial charge in [-0.3, -0.25) is 0 Å². The third-order valence-electron chi connectivity index (χ3n) is 4.83. The number of hydrogen-bond donors (Lipinski definition) is 1. The van der Waals surface area contributed by atoms with Gasteiger partial charge in [-0.25, -0.2) is 4.39 Å². The van der Waals surface area contributed by atoms with E-state index in [0.29, 0.717) is 23.1 Å². The maximum absolute atomic E-state index is 13.8. The third-order valence-corrected chi connectivity index (χ3v) is 4.83. The molecule has 1 aliphatic carbocycles. The lowest BCUT2D eigenvalue weighted by Crippen LogP contribution is -2.42. The van der Waals surface area contributed by atoms with E-state index in [2.05, 4.69) is 33.0 Å². The molecule has 21 heavy (non-hydrogen) atoms. The van der Waals surface area contributed by atoms with Gasteiger partial charge in [0.25, 0.3) is 0 Å². The molecule has 0 radical (unpaired) electrons. The van der Waals surface area contributed by atoms with Crippen molar-refractivity contribution in [1.29, 1.82) is 0 Å². The maximum atomic E-state index is 13.8. The molecule has 0 amide bonds. The van der Waals surface area contributed by atoms with E-state index in [1.54, 1.807) is 12.1 Å². The van der Waals surface area contributed by atoms with Gasteiger partial charge in [-0.05, 0) is 55.2 Å². The van der Waals surface area contributed by atoms with Gasteiger partial charge in [-0.15, -0.1) is 0 Å². The molecule has 3 unspecified atom stereocenters. The number of benzene rings is 1. The molecule has 0 bridgehead atoms. The van der Waals surface area contributed by atoms with Crippen LogP contribution in [0.5, 0.6) is 5.75 Å². The second-order valence-electron chi connectivity index (χ2n) is 7.27. The standard InChI is InChI=1S/C18H28FNO/c1-12-11-18(3,4)9-8-16(12)20-13(2)14-6-7-17(21-5)15(19)10-14/h6-7,10,12-13,16,20H,8-9,11H2,1-5H3. The Hall–Kier alpha value is -1.09. The SMILES string of the molecule is COc1ccc(C(C)NC2CCC(C)(C)CC2C)cc1F. The average molecular weight is 293 g/mol. The van der Waals surface area contributed by atoms with Crippen molar-refractivity contribution in [2.45, 2.75) is 59.0 Å². The smallest absolute Gasteiger partial charge is 0.165 e. The van der Waals surface area contributed by atoms with Crippen molar-refractivity contribution in [3.63, 3.8) is 0 Å². The van der Waals surface area contributed by atoms with E-state index in [1.807, 2.05) is 6.07 Å². The molecule has 0 spiro atoms. The molecule has 0 aromatic heterocycles. The van der Waals surface area contributed by atoms with Crippen LogP contribution in [0.3, 0.4) is 0 Å². The van der Waals surface area contributed by atoms with Crippen LogP contribution < -0.4 is 10.1 Å². The van der Waals surface area contributed by atoms with E-state index < -0.39 is 0 Å². The van der Waals surface area contributed by atoms with Crippen LogP contribution in [0.25, 0.3) is 0 Å². The van der Waals surface area contributed by atoms with Crippen LogP contribution in [0.1, 0.15) is 58.6 Å². The first-order chi connectivity index (χ1) is 9.82. The van der Waals surface area contributed by atoms with Crippen molar-refractivity contribution in [3.05, 3.63) is 29.6 Å². The Morgan fingerprint density at radius 3 is 2.67 bits per heavy atom. The number of methoxy groups -OCH3 is 1. The summed E-state index contributed by atoms with van der Waals surface area (Å²) in [6, 6.07) is 5.89. The van der Waals surface area contributed by atoms with E-state index in [0.717, 1.165) is 5.56 Å². The van der Waals surface area contributed by atoms with Gasteiger partial charge in [-0.1, -0.05) is 26.8 Å². The van der Waals surface area contributed by atoms with Crippen molar-refractivity contribution in [2.24, 2.45) is 11.3 Å². The Bertz CT molecular complexity index is 486. The molecular weight excluding hydrogens is 265 g/mol. The molecule has 3 heteroatoms. The van der Waals surface area contributed by atoms with E-state index in [9.17, 15) is 4.39 Å². The minimum Gasteiger partial charge on any atom is -0.494 e. The summed E-state index contributed by atoms with van der Waals surface area (Å²) in [6.07, 6.45) is 3.68. The van der Waals surface area contributed by atoms with Crippen LogP contribution in [0, 0.1) is 17.2 Å². The first-order valence-electron chi connectivity index (χ1n) is 7.92. The lowest BCUT2D eigenvalue weighted by atomic mass is 9.70. The molecule has 0 heterocycles. The Morgan fingerprint density at radius 1 is 1.38 bits per heavy atom. The van der Waals surface area contributed by atoms with Crippen molar-refractivity contribution in [3.8, 4) is 5.75 Å². The van der Waals surface area contributed by atoms with Gasteiger partial charge in [0.2, 0.25) is 0 Å². The second-order valence-corrected chi connectivity index (χ2v) is 7.27. The summed E-state index contributed by atoms with van der Waals surface area (Å²) < 4.78 is 18.8. The Morgan fingerprint density at radius 2 is 2.10 bits per heavy atom. The van der Waals surface area contributed by atoms with Gasteiger partial charge in [0.15, 0.2) is 11.6 Å². The van der Waals surface area contributed by atoms with Crippen molar-refractivity contribution < 1.29 is 9.13 Å². The molecule has 1 saturated carbocycles. The third kappa shape index (κ3) is 3.97.